The van der Waals surface area contributed by atoms with Crippen LogP contribution < -0.4 is 11.2 Å². The normalized spacial score (nSPS) is 22.4. The maximum Gasteiger partial charge on any atom is 0.299 e. The summed E-state index contributed by atoms with van der Waals surface area (Å²) >= 11 is 0. The monoisotopic (exact) mass is 466 g/mol. The third-order valence-corrected chi connectivity index (χ3v) is 6.20. The van der Waals surface area contributed by atoms with Crippen molar-refractivity contribution in [2.45, 2.75) is 25.8 Å². The van der Waals surface area contributed by atoms with Crippen LogP contribution in [0.4, 0.5) is 5.82 Å². The van der Waals surface area contributed by atoms with Crippen molar-refractivity contribution >= 4 is 29.7 Å². The maximum absolute atomic E-state index is 13.2. The zero-order chi connectivity index (χ0) is 24.4. The molecule has 1 fully saturated rings. The van der Waals surface area contributed by atoms with E-state index in [0.717, 1.165) is 12.8 Å². The lowest BCUT2D eigenvalue weighted by molar-refractivity contribution is -0.750. The highest BCUT2D eigenvalue weighted by Crippen LogP contribution is 2.37. The second kappa shape index (κ2) is 9.10. The van der Waals surface area contributed by atoms with Crippen molar-refractivity contribution < 1.29 is 14.2 Å². The Labute approximate surface area is 202 Å². The molecule has 9 nitrogen and oxygen atoms in total. The highest BCUT2D eigenvalue weighted by molar-refractivity contribution is 6.13. The Bertz CT molecular complexity index is 1380. The van der Waals surface area contributed by atoms with Crippen LogP contribution in [0.5, 0.6) is 0 Å². The van der Waals surface area contributed by atoms with Crippen LogP contribution in [0.2, 0.25) is 0 Å². The molecule has 9 heteroatoms. The molecule has 2 atom stereocenters. The van der Waals surface area contributed by atoms with Gasteiger partial charge < -0.3 is 10.2 Å². The van der Waals surface area contributed by atoms with Gasteiger partial charge >= 0.3 is 0 Å². The molecule has 35 heavy (non-hydrogen) atoms. The van der Waals surface area contributed by atoms with E-state index in [4.69, 9.17) is 10.8 Å². The van der Waals surface area contributed by atoms with Crippen LogP contribution in [0.1, 0.15) is 35.7 Å². The fraction of sp³-hybridized carbons (Fsp3) is 0.192. The molecule has 3 aliphatic rings. The minimum absolute atomic E-state index is 0.236. The van der Waals surface area contributed by atoms with E-state index in [1.807, 2.05) is 12.1 Å². The number of likely N-dealkylation sites (tertiary alicyclic amines) is 1. The largest absolute Gasteiger partial charge is 0.323 e. The van der Waals surface area contributed by atoms with Gasteiger partial charge in [0.2, 0.25) is 5.70 Å². The molecule has 2 unspecified atom stereocenters. The van der Waals surface area contributed by atoms with Crippen LogP contribution in [0.15, 0.2) is 82.4 Å². The van der Waals surface area contributed by atoms with Crippen LogP contribution in [-0.4, -0.2) is 50.9 Å². The lowest BCUT2D eigenvalue weighted by Crippen LogP contribution is -2.53. The summed E-state index contributed by atoms with van der Waals surface area (Å²) in [5.41, 5.74) is 2.32. The van der Waals surface area contributed by atoms with Gasteiger partial charge in [0.05, 0.1) is 29.6 Å². The van der Waals surface area contributed by atoms with Crippen molar-refractivity contribution in [1.29, 1.82) is 0 Å². The Hall–Kier alpha value is -4.39. The van der Waals surface area contributed by atoms with E-state index in [0.29, 0.717) is 40.7 Å². The van der Waals surface area contributed by atoms with Crippen molar-refractivity contribution in [3.63, 3.8) is 0 Å². The predicted octanol–water partition coefficient (Wildman–Crippen LogP) is 2.57. The molecule has 0 spiro atoms. The fourth-order valence-electron chi connectivity index (χ4n) is 4.60. The molecule has 5 rings (SSSR count). The third-order valence-electron chi connectivity index (χ3n) is 6.20. The molecule has 0 aliphatic carbocycles. The first-order valence-electron chi connectivity index (χ1n) is 11.3. The molecule has 0 radical (unpaired) electrons. The van der Waals surface area contributed by atoms with E-state index in [-0.39, 0.29) is 22.4 Å². The van der Waals surface area contributed by atoms with E-state index in [1.165, 1.54) is 0 Å². The summed E-state index contributed by atoms with van der Waals surface area (Å²) in [4.78, 5) is 41.0. The number of hydrogen-bond acceptors (Lipinski definition) is 6. The lowest BCUT2D eigenvalue weighted by Gasteiger charge is -2.28. The number of allylic oxidation sites excluding steroid dienone is 1. The van der Waals surface area contributed by atoms with Gasteiger partial charge in [-0.2, -0.15) is 10.8 Å². The second-order valence-corrected chi connectivity index (χ2v) is 8.31. The van der Waals surface area contributed by atoms with Crippen LogP contribution in [0.3, 0.4) is 0 Å². The maximum atomic E-state index is 13.2. The van der Waals surface area contributed by atoms with E-state index in [9.17, 15) is 9.59 Å². The molecular weight excluding hydrogens is 442 g/mol. The Balaban J connectivity index is 1.57. The molecule has 174 valence electrons. The van der Waals surface area contributed by atoms with E-state index < -0.39 is 0 Å². The SMILES string of the molecule is CC#CC(=O)N1CCCC1C1=C2C=NC=C[N+]2(N)C(c2ccccc2C(=O)Nc2ccccn2)=N1. The van der Waals surface area contributed by atoms with Gasteiger partial charge in [0.1, 0.15) is 17.7 Å². The van der Waals surface area contributed by atoms with Gasteiger partial charge in [-0.15, -0.1) is 4.59 Å². The molecule has 2 amide bonds. The number of amidine groups is 1. The zero-order valence-corrected chi connectivity index (χ0v) is 19.2. The van der Waals surface area contributed by atoms with Gasteiger partial charge in [0.15, 0.2) is 0 Å². The Kier molecular flexibility index (Phi) is 5.82. The van der Waals surface area contributed by atoms with Gasteiger partial charge in [-0.25, -0.2) is 4.98 Å². The molecule has 0 saturated carbocycles. The Morgan fingerprint density at radius 2 is 2.03 bits per heavy atom. The number of fused-ring (bicyclic) bond motifs is 1. The number of aromatic nitrogens is 1. The standard InChI is InChI=1S/C26H23N7O2/c1-2-8-23(34)32-15-7-11-20(32)24-21-17-28-14-16-33(21,27)25(31-24)18-9-3-4-10-19(18)26(35)30-22-12-5-6-13-29-22/h3-6,9-10,12-14,16-17,20H,7,11,15,27H2,1H3/p+1. The highest BCUT2D eigenvalue weighted by Gasteiger charge is 2.48. The summed E-state index contributed by atoms with van der Waals surface area (Å²) in [7, 11) is 0. The molecule has 1 aromatic carbocycles. The van der Waals surface area contributed by atoms with Gasteiger partial charge in [0, 0.05) is 12.7 Å². The average molecular weight is 467 g/mol. The number of carbonyl (C=O) groups is 2. The van der Waals surface area contributed by atoms with Crippen molar-refractivity contribution in [1.82, 2.24) is 9.88 Å². The fourth-order valence-corrected chi connectivity index (χ4v) is 4.60. The number of anilines is 1. The van der Waals surface area contributed by atoms with Crippen molar-refractivity contribution in [3.05, 3.63) is 83.6 Å². The minimum Gasteiger partial charge on any atom is -0.323 e. The van der Waals surface area contributed by atoms with Crippen LogP contribution in [0.25, 0.3) is 0 Å². The molecule has 3 N–H and O–H groups in total. The van der Waals surface area contributed by atoms with Crippen LogP contribution >= 0.6 is 0 Å². The molecule has 3 aliphatic heterocycles. The van der Waals surface area contributed by atoms with E-state index in [2.05, 4.69) is 27.1 Å². The topological polar surface area (TPSA) is 113 Å². The first-order chi connectivity index (χ1) is 17.0. The summed E-state index contributed by atoms with van der Waals surface area (Å²) in [6.45, 7) is 2.24. The lowest BCUT2D eigenvalue weighted by atomic mass is 10.0. The number of benzene rings is 1. The van der Waals surface area contributed by atoms with Crippen LogP contribution in [0, 0.1) is 11.8 Å². The molecule has 0 bridgehead atoms. The quantitative estimate of drug-likeness (QED) is 0.410. The summed E-state index contributed by atoms with van der Waals surface area (Å²) in [5.74, 6) is 12.6. The average Bonchev–Trinajstić information content (AvgIpc) is 3.47. The number of aliphatic imine (C=N–C) groups is 2. The number of amides is 2. The number of rotatable bonds is 4. The van der Waals surface area contributed by atoms with Gasteiger partial charge in [-0.3, -0.25) is 14.6 Å². The zero-order valence-electron chi connectivity index (χ0n) is 19.2. The third kappa shape index (κ3) is 3.95. The van der Waals surface area contributed by atoms with Gasteiger partial charge in [-0.1, -0.05) is 24.1 Å². The molecule has 1 saturated heterocycles. The molecule has 1 aromatic heterocycles. The summed E-state index contributed by atoms with van der Waals surface area (Å²) in [5, 5.41) is 2.83. The van der Waals surface area contributed by atoms with E-state index in [1.54, 1.807) is 67.0 Å². The first-order valence-corrected chi connectivity index (χ1v) is 11.3. The number of nitrogens with two attached hydrogens (primary N) is 1. The molecular formula is C26H24N7O2+. The number of pyridine rings is 1. The number of nitrogens with zero attached hydrogens (tertiary/aromatic N) is 5. The summed E-state index contributed by atoms with van der Waals surface area (Å²) in [6, 6.07) is 12.2. The Morgan fingerprint density at radius 3 is 2.83 bits per heavy atom. The molecule has 4 heterocycles. The number of carbonyl (C=O) groups excluding carboxylic acids is 2. The van der Waals surface area contributed by atoms with Crippen molar-refractivity contribution in [2.24, 2.45) is 15.8 Å². The van der Waals surface area contributed by atoms with Crippen LogP contribution in [-0.2, 0) is 4.79 Å². The smallest absolute Gasteiger partial charge is 0.299 e. The Morgan fingerprint density at radius 1 is 1.20 bits per heavy atom. The number of quaternary nitrogens is 1. The minimum atomic E-state index is -0.325. The summed E-state index contributed by atoms with van der Waals surface area (Å²) in [6.07, 6.45) is 8.20. The first kappa shape index (κ1) is 22.4. The number of hydrogen-bond donors (Lipinski definition) is 2. The van der Waals surface area contributed by atoms with Crippen molar-refractivity contribution in [2.75, 3.05) is 11.9 Å². The number of nitrogens with one attached hydrogen (secondary N) is 1. The summed E-state index contributed by atoms with van der Waals surface area (Å²) < 4.78 is -0.245. The molecule has 2 aromatic rings. The van der Waals surface area contributed by atoms with E-state index >= 15 is 0 Å². The van der Waals surface area contributed by atoms with Gasteiger partial charge in [0.25, 0.3) is 17.6 Å². The highest BCUT2D eigenvalue weighted by atomic mass is 16.2. The second-order valence-electron chi connectivity index (χ2n) is 8.31. The van der Waals surface area contributed by atoms with Crippen molar-refractivity contribution in [3.8, 4) is 11.8 Å². The van der Waals surface area contributed by atoms with Gasteiger partial charge in [-0.05, 0) is 50.0 Å². The predicted molar refractivity (Wildman–Crippen MR) is 132 cm³/mol.